The summed E-state index contributed by atoms with van der Waals surface area (Å²) < 4.78 is 12.0. The summed E-state index contributed by atoms with van der Waals surface area (Å²) in [5, 5.41) is 0. The van der Waals surface area contributed by atoms with Crippen molar-refractivity contribution >= 4 is 17.5 Å². The Morgan fingerprint density at radius 1 is 0.677 bits per heavy atom. The number of nitrogens with zero attached hydrogens (tertiary/aromatic N) is 2. The highest BCUT2D eigenvalue weighted by Gasteiger charge is 2.29. The van der Waals surface area contributed by atoms with Crippen molar-refractivity contribution in [3.8, 4) is 0 Å². The van der Waals surface area contributed by atoms with Gasteiger partial charge in [-0.3, -0.25) is 14.5 Å². The van der Waals surface area contributed by atoms with Crippen molar-refractivity contribution in [2.45, 2.75) is 273 Å². The van der Waals surface area contributed by atoms with E-state index in [9.17, 15) is 14.4 Å². The van der Waals surface area contributed by atoms with Crippen molar-refractivity contribution in [1.82, 2.24) is 9.80 Å². The highest BCUT2D eigenvalue weighted by atomic mass is 16.5. The predicted molar refractivity (Wildman–Crippen MR) is 271 cm³/mol. The summed E-state index contributed by atoms with van der Waals surface area (Å²) in [5.41, 5.74) is 0. The van der Waals surface area contributed by atoms with E-state index in [0.717, 1.165) is 83.6 Å². The molecule has 0 radical (unpaired) electrons. The average Bonchev–Trinajstić information content (AvgIpc) is 3.60. The molecule has 7 nitrogen and oxygen atoms in total. The van der Waals surface area contributed by atoms with Crippen LogP contribution >= 0.6 is 0 Å². The number of Topliss-reactive ketones (excluding diaryl/α,β-unsaturated/α-hetero) is 2. The topological polar surface area (TPSA) is 76.2 Å². The molecule has 1 unspecified atom stereocenters. The number of ether oxygens (including phenoxy) is 2. The third kappa shape index (κ3) is 47.9. The minimum Gasteiger partial charge on any atom is -0.462 e. The van der Waals surface area contributed by atoms with Crippen LogP contribution in [0.3, 0.4) is 0 Å². The molecule has 2 atom stereocenters. The quantitative estimate of drug-likeness (QED) is 0.0344. The van der Waals surface area contributed by atoms with Crippen molar-refractivity contribution in [3.63, 3.8) is 0 Å². The Hall–Kier alpha value is -1.57. The molecule has 1 aliphatic rings. The fraction of sp³-hybridized carbons (Fsp3) is 0.909. The monoisotopic (exact) mass is 879 g/mol. The highest BCUT2D eigenvalue weighted by Crippen LogP contribution is 2.24. The first-order valence-corrected chi connectivity index (χ1v) is 26.3. The number of hydrogen-bond donors (Lipinski definition) is 0. The zero-order valence-corrected chi connectivity index (χ0v) is 42.3. The van der Waals surface area contributed by atoms with Gasteiger partial charge in [0.15, 0.2) is 0 Å². The summed E-state index contributed by atoms with van der Waals surface area (Å²) in [7, 11) is 3.95. The lowest BCUT2D eigenvalue weighted by Gasteiger charge is -2.24. The van der Waals surface area contributed by atoms with E-state index in [4.69, 9.17) is 9.47 Å². The van der Waals surface area contributed by atoms with Gasteiger partial charge < -0.3 is 19.2 Å². The first-order chi connectivity index (χ1) is 29.5. The average molecular weight is 879 g/mol. The second-order valence-electron chi connectivity index (χ2n) is 18.8. The first kappa shape index (κ1) is 64.7. The van der Waals surface area contributed by atoms with E-state index in [2.05, 4.69) is 39.2 Å². The Labute approximate surface area is 388 Å². The molecule has 1 heterocycles. The number of hydrogen-bond acceptors (Lipinski definition) is 7. The maximum atomic E-state index is 12.4. The van der Waals surface area contributed by atoms with Crippen molar-refractivity contribution < 1.29 is 23.9 Å². The normalized spacial score (nSPS) is 14.8. The lowest BCUT2D eigenvalue weighted by atomic mass is 10.0. The summed E-state index contributed by atoms with van der Waals surface area (Å²) in [6.07, 6.45) is 40.9. The SMILES string of the molecule is C.C=CCCCCCCCCCCC.CCC(=O)CCN(C)C.CCCCCCC(CCCCCC)OC(=O)CCCCCCCOC[C@@H]1CC(C)CN1CCCCCC(C)=O. The minimum atomic E-state index is 0. The van der Waals surface area contributed by atoms with E-state index in [1.54, 1.807) is 6.92 Å². The van der Waals surface area contributed by atoms with Crippen LogP contribution in [0.25, 0.3) is 0 Å². The minimum absolute atomic E-state index is 0. The van der Waals surface area contributed by atoms with Gasteiger partial charge in [0.2, 0.25) is 0 Å². The van der Waals surface area contributed by atoms with Crippen molar-refractivity contribution in [3.05, 3.63) is 12.7 Å². The van der Waals surface area contributed by atoms with Crippen LogP contribution in [0, 0.1) is 5.92 Å². The highest BCUT2D eigenvalue weighted by molar-refractivity contribution is 5.78. The summed E-state index contributed by atoms with van der Waals surface area (Å²) in [6, 6.07) is 0.556. The smallest absolute Gasteiger partial charge is 0.306 e. The Bertz CT molecular complexity index is 959. The summed E-state index contributed by atoms with van der Waals surface area (Å²) in [4.78, 5) is 38.9. The molecule has 0 N–H and O–H groups in total. The number of likely N-dealkylation sites (tertiary alicyclic amines) is 1. The molecule has 7 heteroatoms. The van der Waals surface area contributed by atoms with E-state index in [1.807, 2.05) is 32.0 Å². The molecule has 1 rings (SSSR count). The number of allylic oxidation sites excluding steroid dienone is 1. The first-order valence-electron chi connectivity index (χ1n) is 26.3. The molecule has 0 bridgehead atoms. The molecular weight excluding hydrogens is 769 g/mol. The zero-order chi connectivity index (χ0) is 45.6. The van der Waals surface area contributed by atoms with Gasteiger partial charge in [-0.2, -0.15) is 0 Å². The van der Waals surface area contributed by atoms with Gasteiger partial charge in [0.1, 0.15) is 17.7 Å². The van der Waals surface area contributed by atoms with Crippen LogP contribution in [0.2, 0.25) is 0 Å². The van der Waals surface area contributed by atoms with Gasteiger partial charge in [-0.15, -0.1) is 6.58 Å². The molecular formula is C55H110N2O5. The molecule has 1 aliphatic heterocycles. The molecule has 0 spiro atoms. The molecule has 0 aromatic rings. The number of rotatable bonds is 41. The second-order valence-corrected chi connectivity index (χ2v) is 18.8. The molecule has 0 aliphatic carbocycles. The molecule has 0 saturated carbocycles. The van der Waals surface area contributed by atoms with E-state index in [1.165, 1.54) is 148 Å². The Morgan fingerprint density at radius 2 is 1.18 bits per heavy atom. The van der Waals surface area contributed by atoms with Gasteiger partial charge in [0.05, 0.1) is 6.61 Å². The number of ketones is 2. The fourth-order valence-electron chi connectivity index (χ4n) is 8.00. The zero-order valence-electron chi connectivity index (χ0n) is 42.3. The number of unbranched alkanes of at least 4 members (excludes halogenated alkanes) is 21. The van der Waals surface area contributed by atoms with E-state index in [-0.39, 0.29) is 19.5 Å². The van der Waals surface area contributed by atoms with Crippen LogP contribution in [0.1, 0.15) is 261 Å². The van der Waals surface area contributed by atoms with Crippen molar-refractivity contribution in [2.75, 3.05) is 46.9 Å². The van der Waals surface area contributed by atoms with Crippen LogP contribution in [0.5, 0.6) is 0 Å². The molecule has 0 amide bonds. The molecule has 1 saturated heterocycles. The van der Waals surface area contributed by atoms with Crippen molar-refractivity contribution in [1.29, 1.82) is 0 Å². The van der Waals surface area contributed by atoms with E-state index in [0.29, 0.717) is 36.9 Å². The third-order valence-corrected chi connectivity index (χ3v) is 12.0. The number of carbonyl (C=O) groups excluding carboxylic acids is 3. The van der Waals surface area contributed by atoms with E-state index >= 15 is 0 Å². The van der Waals surface area contributed by atoms with Crippen LogP contribution < -0.4 is 0 Å². The molecule has 1 fully saturated rings. The van der Waals surface area contributed by atoms with Gasteiger partial charge in [0.25, 0.3) is 0 Å². The second kappa shape index (κ2) is 50.4. The lowest BCUT2D eigenvalue weighted by Crippen LogP contribution is -2.34. The molecule has 0 aromatic carbocycles. The van der Waals surface area contributed by atoms with Gasteiger partial charge in [0, 0.05) is 51.4 Å². The van der Waals surface area contributed by atoms with Crippen LogP contribution in [0.4, 0.5) is 0 Å². The van der Waals surface area contributed by atoms with Crippen LogP contribution in [0.15, 0.2) is 12.7 Å². The summed E-state index contributed by atoms with van der Waals surface area (Å²) in [5.74, 6) is 1.43. The lowest BCUT2D eigenvalue weighted by molar-refractivity contribution is -0.150. The van der Waals surface area contributed by atoms with Crippen molar-refractivity contribution in [2.24, 2.45) is 5.92 Å². The Kier molecular flexibility index (Phi) is 52.6. The Morgan fingerprint density at radius 3 is 1.71 bits per heavy atom. The standard InChI is InChI=1S/C34H65NO4.C13H26.C7H15NO.CH4/c1-5-7-9-16-22-33(23-17-10-8-6-2)39-34(37)24-18-12-11-13-20-26-38-29-32-27-30(3)28-35(32)25-19-14-15-21-31(4)36;1-3-5-7-9-11-13-12-10-8-6-4-2;1-4-7(9)5-6-8(2)3;/h30,32-33H,5-29H2,1-4H3;3H,1,4-13H2,2H3;4-6H2,1-3H3;1H4/t30?,32-;;;/m0.../s1. The summed E-state index contributed by atoms with van der Waals surface area (Å²) >= 11 is 0. The number of carbonyl (C=O) groups is 3. The maximum Gasteiger partial charge on any atom is 0.306 e. The number of esters is 1. The van der Waals surface area contributed by atoms with Crippen LogP contribution in [-0.4, -0.2) is 86.4 Å². The fourth-order valence-corrected chi connectivity index (χ4v) is 8.00. The predicted octanol–water partition coefficient (Wildman–Crippen LogP) is 15.7. The molecule has 370 valence electrons. The maximum absolute atomic E-state index is 12.4. The van der Waals surface area contributed by atoms with Crippen LogP contribution in [-0.2, 0) is 23.9 Å². The largest absolute Gasteiger partial charge is 0.462 e. The van der Waals surface area contributed by atoms with Gasteiger partial charge in [-0.1, -0.05) is 164 Å². The molecule has 62 heavy (non-hydrogen) atoms. The van der Waals surface area contributed by atoms with Gasteiger partial charge >= 0.3 is 5.97 Å². The Balaban J connectivity index is -0.00000123. The molecule has 0 aromatic heterocycles. The summed E-state index contributed by atoms with van der Waals surface area (Å²) in [6.45, 7) is 21.3. The van der Waals surface area contributed by atoms with E-state index < -0.39 is 0 Å². The third-order valence-electron chi connectivity index (χ3n) is 12.0. The van der Waals surface area contributed by atoms with Gasteiger partial charge in [-0.05, 0) is 104 Å². The van der Waals surface area contributed by atoms with Gasteiger partial charge in [-0.25, -0.2) is 0 Å².